The second-order valence-corrected chi connectivity index (χ2v) is 7.52. The Morgan fingerprint density at radius 2 is 2.08 bits per heavy atom. The third-order valence-electron chi connectivity index (χ3n) is 4.50. The second-order valence-electron chi connectivity index (χ2n) is 6.44. The molecule has 7 nitrogen and oxygen atoms in total. The van der Waals surface area contributed by atoms with Gasteiger partial charge in [-0.2, -0.15) is 0 Å². The van der Waals surface area contributed by atoms with Crippen LogP contribution in [0.5, 0.6) is 0 Å². The third kappa shape index (κ3) is 3.91. The van der Waals surface area contributed by atoms with E-state index in [0.717, 1.165) is 30.1 Å². The van der Waals surface area contributed by atoms with Gasteiger partial charge in [0.15, 0.2) is 0 Å². The molecule has 2 aromatic heterocycles. The van der Waals surface area contributed by atoms with E-state index >= 15 is 0 Å². The smallest absolute Gasteiger partial charge is 0.328 e. The third-order valence-corrected chi connectivity index (χ3v) is 5.78. The summed E-state index contributed by atoms with van der Waals surface area (Å²) in [6.07, 6.45) is 5.01. The molecule has 1 aliphatic heterocycles. The van der Waals surface area contributed by atoms with Gasteiger partial charge in [-0.05, 0) is 38.1 Å². The summed E-state index contributed by atoms with van der Waals surface area (Å²) in [5, 5.41) is 6.61. The Morgan fingerprint density at radius 1 is 1.35 bits per heavy atom. The summed E-state index contributed by atoms with van der Waals surface area (Å²) in [6, 6.07) is 2.92. The quantitative estimate of drug-likeness (QED) is 0.782. The fraction of sp³-hybridized carbons (Fsp3) is 0.444. The number of thiophene rings is 1. The predicted octanol–water partition coefficient (Wildman–Crippen LogP) is 1.89. The minimum atomic E-state index is -0.686. The van der Waals surface area contributed by atoms with E-state index in [4.69, 9.17) is 0 Å². The van der Waals surface area contributed by atoms with Gasteiger partial charge in [0.2, 0.25) is 0 Å². The van der Waals surface area contributed by atoms with Crippen LogP contribution >= 0.6 is 11.3 Å². The highest BCUT2D eigenvalue weighted by Gasteiger charge is 2.24. The molecule has 0 bridgehead atoms. The first-order valence-electron chi connectivity index (χ1n) is 8.57. The van der Waals surface area contributed by atoms with Crippen LogP contribution < -0.4 is 10.6 Å². The highest BCUT2D eigenvalue weighted by Crippen LogP contribution is 2.35. The van der Waals surface area contributed by atoms with Crippen LogP contribution in [-0.2, 0) is 29.0 Å². The second kappa shape index (κ2) is 7.92. The Balaban J connectivity index is 1.76. The average Bonchev–Trinajstić information content (AvgIpc) is 3.26. The number of amides is 2. The van der Waals surface area contributed by atoms with Gasteiger partial charge < -0.3 is 24.8 Å². The summed E-state index contributed by atoms with van der Waals surface area (Å²) in [7, 11) is 3.42. The van der Waals surface area contributed by atoms with Gasteiger partial charge in [-0.15, -0.1) is 11.3 Å². The van der Waals surface area contributed by atoms with Gasteiger partial charge in [0.1, 0.15) is 11.0 Å². The van der Waals surface area contributed by atoms with Gasteiger partial charge in [0.05, 0.1) is 7.11 Å². The molecule has 0 aromatic carbocycles. The van der Waals surface area contributed by atoms with Crippen molar-refractivity contribution in [3.63, 3.8) is 0 Å². The van der Waals surface area contributed by atoms with Crippen LogP contribution in [0.1, 0.15) is 22.9 Å². The zero-order chi connectivity index (χ0) is 18.7. The molecule has 0 fully saturated rings. The van der Waals surface area contributed by atoms with Crippen LogP contribution in [-0.4, -0.2) is 48.2 Å². The lowest BCUT2D eigenvalue weighted by Gasteiger charge is -2.23. The fourth-order valence-electron chi connectivity index (χ4n) is 3.09. The first-order valence-corrected chi connectivity index (χ1v) is 9.38. The molecule has 3 heterocycles. The van der Waals surface area contributed by atoms with Crippen LogP contribution in [0.3, 0.4) is 0 Å². The summed E-state index contributed by atoms with van der Waals surface area (Å²) in [4.78, 5) is 27.2. The van der Waals surface area contributed by atoms with Gasteiger partial charge >= 0.3 is 12.0 Å². The summed E-state index contributed by atoms with van der Waals surface area (Å²) in [5.74, 6) is -0.468. The van der Waals surface area contributed by atoms with Crippen molar-refractivity contribution in [3.8, 4) is 5.00 Å². The molecule has 0 saturated heterocycles. The average molecular weight is 376 g/mol. The number of ether oxygens (including phenoxy) is 1. The van der Waals surface area contributed by atoms with E-state index in [-0.39, 0.29) is 6.03 Å². The topological polar surface area (TPSA) is 75.6 Å². The molecular formula is C18H24N4O3S. The number of methoxy groups -OCH3 is 1. The Kier molecular flexibility index (Phi) is 5.63. The zero-order valence-corrected chi connectivity index (χ0v) is 16.1. The molecule has 140 valence electrons. The minimum Gasteiger partial charge on any atom is -0.467 e. The van der Waals surface area contributed by atoms with E-state index in [1.807, 2.05) is 24.5 Å². The molecule has 0 radical (unpaired) electrons. The molecule has 0 aliphatic carbocycles. The molecule has 1 unspecified atom stereocenters. The summed E-state index contributed by atoms with van der Waals surface area (Å²) in [5.41, 5.74) is 2.48. The number of hydrogen-bond acceptors (Lipinski definition) is 5. The monoisotopic (exact) mass is 376 g/mol. The van der Waals surface area contributed by atoms with E-state index in [1.165, 1.54) is 17.6 Å². The van der Waals surface area contributed by atoms with Crippen molar-refractivity contribution >= 4 is 23.3 Å². The van der Waals surface area contributed by atoms with E-state index in [2.05, 4.69) is 31.9 Å². The molecule has 26 heavy (non-hydrogen) atoms. The Hall–Kier alpha value is -2.32. The number of carbonyl (C=O) groups is 2. The van der Waals surface area contributed by atoms with Gasteiger partial charge in [-0.1, -0.05) is 0 Å². The molecule has 1 atom stereocenters. The molecule has 2 aromatic rings. The Labute approximate surface area is 156 Å². The lowest BCUT2D eigenvalue weighted by Crippen LogP contribution is -2.44. The molecule has 2 N–H and O–H groups in total. The number of urea groups is 1. The van der Waals surface area contributed by atoms with Crippen LogP contribution in [0.2, 0.25) is 0 Å². The molecular weight excluding hydrogens is 352 g/mol. The molecule has 3 rings (SSSR count). The number of likely N-dealkylation sites (N-methyl/N-ethyl adjacent to an activating group) is 1. The summed E-state index contributed by atoms with van der Waals surface area (Å²) < 4.78 is 6.72. The van der Waals surface area contributed by atoms with Crippen molar-refractivity contribution in [2.45, 2.75) is 32.5 Å². The maximum Gasteiger partial charge on any atom is 0.328 e. The molecule has 8 heteroatoms. The largest absolute Gasteiger partial charge is 0.467 e. The molecule has 0 spiro atoms. The van der Waals surface area contributed by atoms with Crippen molar-refractivity contribution in [2.75, 3.05) is 20.7 Å². The van der Waals surface area contributed by atoms with Crippen molar-refractivity contribution in [2.24, 2.45) is 0 Å². The number of hydrogen-bond donors (Lipinski definition) is 2. The zero-order valence-electron chi connectivity index (χ0n) is 15.2. The SMILES string of the molecule is COC(=O)C(C)NC(=O)NCc1c(-n2cccc2)sc2c1CCN(C)C2. The van der Waals surface area contributed by atoms with Crippen molar-refractivity contribution in [1.82, 2.24) is 20.1 Å². The van der Waals surface area contributed by atoms with Gasteiger partial charge in [0, 0.05) is 42.5 Å². The fourth-order valence-corrected chi connectivity index (χ4v) is 4.51. The number of esters is 1. The van der Waals surface area contributed by atoms with Gasteiger partial charge in [0.25, 0.3) is 0 Å². The van der Waals surface area contributed by atoms with Crippen LogP contribution in [0, 0.1) is 0 Å². The maximum atomic E-state index is 12.1. The highest BCUT2D eigenvalue weighted by molar-refractivity contribution is 7.14. The van der Waals surface area contributed by atoms with Crippen LogP contribution in [0.15, 0.2) is 24.5 Å². The number of nitrogens with one attached hydrogen (secondary N) is 2. The van der Waals surface area contributed by atoms with Gasteiger partial charge in [-0.3, -0.25) is 0 Å². The predicted molar refractivity (Wildman–Crippen MR) is 101 cm³/mol. The number of rotatable bonds is 5. The number of nitrogens with zero attached hydrogens (tertiary/aromatic N) is 2. The molecule has 2 amide bonds. The molecule has 0 saturated carbocycles. The van der Waals surface area contributed by atoms with E-state index in [9.17, 15) is 9.59 Å². The van der Waals surface area contributed by atoms with Crippen LogP contribution in [0.4, 0.5) is 4.79 Å². The van der Waals surface area contributed by atoms with E-state index in [0.29, 0.717) is 6.54 Å². The number of carbonyl (C=O) groups excluding carboxylic acids is 2. The summed E-state index contributed by atoms with van der Waals surface area (Å²) >= 11 is 1.77. The van der Waals surface area contributed by atoms with Crippen LogP contribution in [0.25, 0.3) is 5.00 Å². The van der Waals surface area contributed by atoms with Crippen molar-refractivity contribution in [1.29, 1.82) is 0 Å². The summed E-state index contributed by atoms with van der Waals surface area (Å²) in [6.45, 7) is 3.95. The number of aromatic nitrogens is 1. The minimum absolute atomic E-state index is 0.380. The maximum absolute atomic E-state index is 12.1. The first-order chi connectivity index (χ1) is 12.5. The molecule has 1 aliphatic rings. The first kappa shape index (κ1) is 18.5. The van der Waals surface area contributed by atoms with Crippen molar-refractivity contribution < 1.29 is 14.3 Å². The lowest BCUT2D eigenvalue weighted by molar-refractivity contribution is -0.142. The standard InChI is InChI=1S/C18H24N4O3S/c1-12(17(23)25-3)20-18(24)19-10-14-13-6-9-21(2)11-15(13)26-16(14)22-7-4-5-8-22/h4-5,7-8,12H,6,9-11H2,1-3H3,(H2,19,20,24). The van der Waals surface area contributed by atoms with E-state index in [1.54, 1.807) is 18.3 Å². The van der Waals surface area contributed by atoms with E-state index < -0.39 is 12.0 Å². The van der Waals surface area contributed by atoms with Gasteiger partial charge in [-0.25, -0.2) is 9.59 Å². The normalized spacial score (nSPS) is 15.2. The Bertz CT molecular complexity index is 785. The highest BCUT2D eigenvalue weighted by atomic mass is 32.1. The van der Waals surface area contributed by atoms with Crippen molar-refractivity contribution in [3.05, 3.63) is 40.5 Å². The lowest BCUT2D eigenvalue weighted by atomic mass is 10.0. The number of fused-ring (bicyclic) bond motifs is 1. The Morgan fingerprint density at radius 3 is 2.77 bits per heavy atom.